The van der Waals surface area contributed by atoms with Gasteiger partial charge in [0.15, 0.2) is 25.2 Å². The van der Waals surface area contributed by atoms with E-state index in [2.05, 4.69) is 0 Å². The molecule has 51 heavy (non-hydrogen) atoms. The Morgan fingerprint density at radius 1 is 0.392 bits per heavy atom. The van der Waals surface area contributed by atoms with Crippen LogP contribution < -0.4 is 5.73 Å². The summed E-state index contributed by atoms with van der Waals surface area (Å²) in [5, 5.41) is 135. The second-order valence-electron chi connectivity index (χ2n) is 12.8. The molecule has 4 aliphatic heterocycles. The summed E-state index contributed by atoms with van der Waals surface area (Å²) in [5.41, 5.74) is 5.56. The van der Waals surface area contributed by atoms with Gasteiger partial charge in [0, 0.05) is 6.61 Å². The number of rotatable bonds is 16. The van der Waals surface area contributed by atoms with Crippen molar-refractivity contribution in [2.75, 3.05) is 39.6 Å². The van der Waals surface area contributed by atoms with Gasteiger partial charge in [0.1, 0.15) is 97.7 Å². The quantitative estimate of drug-likeness (QED) is 0.0651. The monoisotopic (exact) mass is 751 g/mol. The third-order valence-corrected chi connectivity index (χ3v) is 9.32. The molecule has 0 radical (unpaired) electrons. The van der Waals surface area contributed by atoms with Crippen LogP contribution in [0.4, 0.5) is 0 Å². The SMILES string of the molecule is NCCCCCO[C@H]1O[C@H](CO)[C@@H](O[C@@H]2O[C@H](CO)[C@H](O)[C@H](O)[C@H]2O)[C@H](O)[C@@H]1O[C@H]1O[C@H](CO)[C@@H](O)[C@H](O)[C@@H]1O[C@H]1O[C@H](CO)[C@@H](O)[C@H](O)[C@@H]1O. The van der Waals surface area contributed by atoms with Crippen LogP contribution in [0.5, 0.6) is 0 Å². The molecule has 0 aromatic heterocycles. The zero-order valence-electron chi connectivity index (χ0n) is 27.6. The van der Waals surface area contributed by atoms with Crippen LogP contribution in [0, 0.1) is 0 Å². The Kier molecular flexibility index (Phi) is 16.5. The van der Waals surface area contributed by atoms with E-state index in [1.807, 2.05) is 0 Å². The van der Waals surface area contributed by atoms with Gasteiger partial charge in [0.2, 0.25) is 0 Å². The highest BCUT2D eigenvalue weighted by atomic mass is 16.8. The van der Waals surface area contributed by atoms with Gasteiger partial charge in [-0.1, -0.05) is 0 Å². The summed E-state index contributed by atoms with van der Waals surface area (Å²) in [6.07, 6.45) is -33.0. The molecule has 4 fully saturated rings. The minimum absolute atomic E-state index is 0.0184. The van der Waals surface area contributed by atoms with Gasteiger partial charge in [0.05, 0.1) is 26.4 Å². The van der Waals surface area contributed by atoms with Crippen molar-refractivity contribution in [1.29, 1.82) is 0 Å². The summed E-state index contributed by atoms with van der Waals surface area (Å²) >= 11 is 0. The molecule has 0 aliphatic carbocycles. The minimum atomic E-state index is -1.96. The molecule has 4 aliphatic rings. The fourth-order valence-electron chi connectivity index (χ4n) is 6.25. The first kappa shape index (κ1) is 42.9. The van der Waals surface area contributed by atoms with E-state index in [9.17, 15) is 66.4 Å². The largest absolute Gasteiger partial charge is 0.394 e. The van der Waals surface area contributed by atoms with Crippen molar-refractivity contribution >= 4 is 0 Å². The third-order valence-electron chi connectivity index (χ3n) is 9.32. The number of aliphatic hydroxyl groups is 13. The molecule has 0 amide bonds. The van der Waals surface area contributed by atoms with Gasteiger partial charge in [-0.25, -0.2) is 0 Å². The van der Waals surface area contributed by atoms with E-state index in [0.717, 1.165) is 0 Å². The maximum Gasteiger partial charge on any atom is 0.187 e. The zero-order valence-corrected chi connectivity index (χ0v) is 27.6. The number of unbranched alkanes of at least 4 members (excludes halogenated alkanes) is 2. The molecule has 0 unspecified atom stereocenters. The summed E-state index contributed by atoms with van der Waals surface area (Å²) in [5.74, 6) is 0. The summed E-state index contributed by atoms with van der Waals surface area (Å²) in [6, 6.07) is 0. The summed E-state index contributed by atoms with van der Waals surface area (Å²) in [6.45, 7) is -2.84. The molecule has 4 saturated heterocycles. The highest BCUT2D eigenvalue weighted by molar-refractivity contribution is 4.98. The number of hydrogen-bond donors (Lipinski definition) is 14. The van der Waals surface area contributed by atoms with Crippen molar-refractivity contribution in [3.63, 3.8) is 0 Å². The zero-order chi connectivity index (χ0) is 37.6. The maximum atomic E-state index is 11.7. The number of aliphatic hydroxyl groups excluding tert-OH is 13. The predicted molar refractivity (Wildman–Crippen MR) is 161 cm³/mol. The first-order valence-electron chi connectivity index (χ1n) is 16.8. The van der Waals surface area contributed by atoms with Gasteiger partial charge < -0.3 is 110 Å². The Labute approximate surface area is 292 Å². The molecule has 0 saturated carbocycles. The van der Waals surface area contributed by atoms with E-state index in [4.69, 9.17) is 43.6 Å². The van der Waals surface area contributed by atoms with Crippen molar-refractivity contribution in [3.8, 4) is 0 Å². The molecular weight excluding hydrogens is 698 g/mol. The Balaban J connectivity index is 1.62. The molecule has 4 heterocycles. The first-order valence-corrected chi connectivity index (χ1v) is 16.8. The van der Waals surface area contributed by atoms with Crippen molar-refractivity contribution in [2.45, 2.75) is 142 Å². The van der Waals surface area contributed by atoms with Gasteiger partial charge in [-0.3, -0.25) is 0 Å². The summed E-state index contributed by atoms with van der Waals surface area (Å²) in [7, 11) is 0. The van der Waals surface area contributed by atoms with Gasteiger partial charge in [-0.15, -0.1) is 0 Å². The first-order chi connectivity index (χ1) is 24.3. The highest BCUT2D eigenvalue weighted by Crippen LogP contribution is 2.35. The van der Waals surface area contributed by atoms with Crippen molar-refractivity contribution in [2.24, 2.45) is 5.73 Å². The Morgan fingerprint density at radius 3 is 1.29 bits per heavy atom. The Morgan fingerprint density at radius 2 is 0.804 bits per heavy atom. The standard InChI is InChI=1S/C29H53NO21/c30-4-2-1-3-5-44-28-25(22(43)23(13(9-34)48-28)49-26-20(41)17(38)14(35)10(6-31)45-26)51-29-24(19(40)16(37)12(8-33)47-29)50-27-21(42)18(39)15(36)11(7-32)46-27/h10-29,31-43H,1-9,30H2/t10-,11-,12-,13-,14+,15-,16-,17+,18+,19+,20-,21+,22+,23-,24+,25+,26+,27-,28+,29-/m1/s1. The van der Waals surface area contributed by atoms with Crippen molar-refractivity contribution in [1.82, 2.24) is 0 Å². The van der Waals surface area contributed by atoms with E-state index >= 15 is 0 Å². The summed E-state index contributed by atoms with van der Waals surface area (Å²) < 4.78 is 45.7. The lowest BCUT2D eigenvalue weighted by Crippen LogP contribution is -2.68. The minimum Gasteiger partial charge on any atom is -0.394 e. The van der Waals surface area contributed by atoms with Gasteiger partial charge in [0.25, 0.3) is 0 Å². The molecule has 22 heteroatoms. The number of nitrogens with two attached hydrogens (primary N) is 1. The van der Waals surface area contributed by atoms with E-state index in [1.54, 1.807) is 0 Å². The topological polar surface area (TPSA) is 363 Å². The number of hydrogen-bond acceptors (Lipinski definition) is 22. The van der Waals surface area contributed by atoms with Crippen LogP contribution >= 0.6 is 0 Å². The maximum absolute atomic E-state index is 11.7. The van der Waals surface area contributed by atoms with Crippen LogP contribution in [0.3, 0.4) is 0 Å². The molecule has 0 aromatic rings. The van der Waals surface area contributed by atoms with Crippen molar-refractivity contribution in [3.05, 3.63) is 0 Å². The molecule has 4 rings (SSSR count). The lowest BCUT2D eigenvalue weighted by molar-refractivity contribution is -0.402. The summed E-state index contributed by atoms with van der Waals surface area (Å²) in [4.78, 5) is 0. The molecule has 0 bridgehead atoms. The fraction of sp³-hybridized carbons (Fsp3) is 1.00. The molecule has 0 spiro atoms. The second-order valence-corrected chi connectivity index (χ2v) is 12.8. The van der Waals surface area contributed by atoms with Gasteiger partial charge in [-0.2, -0.15) is 0 Å². The lowest BCUT2D eigenvalue weighted by atomic mass is 9.95. The molecule has 300 valence electrons. The van der Waals surface area contributed by atoms with E-state index in [-0.39, 0.29) is 6.61 Å². The van der Waals surface area contributed by atoms with Crippen LogP contribution in [0.15, 0.2) is 0 Å². The average molecular weight is 752 g/mol. The van der Waals surface area contributed by atoms with Crippen LogP contribution in [-0.2, 0) is 37.9 Å². The van der Waals surface area contributed by atoms with Gasteiger partial charge in [-0.05, 0) is 25.8 Å². The predicted octanol–water partition coefficient (Wildman–Crippen LogP) is -8.60. The number of ether oxygens (including phenoxy) is 8. The Bertz CT molecular complexity index is 1020. The molecular formula is C29H53NO21. The van der Waals surface area contributed by atoms with Crippen LogP contribution in [-0.4, -0.2) is 229 Å². The van der Waals surface area contributed by atoms with Gasteiger partial charge >= 0.3 is 0 Å². The Hall–Kier alpha value is -0.880. The van der Waals surface area contributed by atoms with Crippen LogP contribution in [0.1, 0.15) is 19.3 Å². The molecule has 22 nitrogen and oxygen atoms in total. The normalized spacial score (nSPS) is 48.1. The smallest absolute Gasteiger partial charge is 0.187 e. The average Bonchev–Trinajstić information content (AvgIpc) is 3.13. The van der Waals surface area contributed by atoms with Crippen LogP contribution in [0.2, 0.25) is 0 Å². The fourth-order valence-corrected chi connectivity index (χ4v) is 6.25. The third kappa shape index (κ3) is 9.68. The highest BCUT2D eigenvalue weighted by Gasteiger charge is 2.56. The van der Waals surface area contributed by atoms with Crippen molar-refractivity contribution < 1.29 is 104 Å². The van der Waals surface area contributed by atoms with E-state index in [0.29, 0.717) is 25.8 Å². The molecule has 20 atom stereocenters. The molecule has 15 N–H and O–H groups in total. The van der Waals surface area contributed by atoms with Crippen LogP contribution in [0.25, 0.3) is 0 Å². The lowest BCUT2D eigenvalue weighted by Gasteiger charge is -2.49. The molecule has 0 aromatic carbocycles. The van der Waals surface area contributed by atoms with E-state index < -0.39 is 149 Å². The van der Waals surface area contributed by atoms with E-state index in [1.165, 1.54) is 0 Å². The second kappa shape index (κ2) is 19.6.